The highest BCUT2D eigenvalue weighted by atomic mass is 32.2. The van der Waals surface area contributed by atoms with E-state index in [9.17, 15) is 0 Å². The number of hydrogen-bond donors (Lipinski definition) is 2. The first-order chi connectivity index (χ1) is 6.33. The number of aromatic amines is 1. The minimum Gasteiger partial charge on any atom is -0.396 e. The Kier molecular flexibility index (Phi) is 4.85. The normalized spacial score (nSPS) is 10.6. The van der Waals surface area contributed by atoms with E-state index in [4.69, 9.17) is 5.11 Å². The second-order valence-corrected chi connectivity index (χ2v) is 3.90. The molecule has 13 heavy (non-hydrogen) atoms. The summed E-state index contributed by atoms with van der Waals surface area (Å²) in [7, 11) is 0. The Balaban J connectivity index is 2.06. The summed E-state index contributed by atoms with van der Waals surface area (Å²) < 4.78 is 0. The molecule has 0 saturated heterocycles. The third kappa shape index (κ3) is 4.28. The van der Waals surface area contributed by atoms with Gasteiger partial charge in [0.2, 0.25) is 5.16 Å². The molecule has 0 aromatic carbocycles. The van der Waals surface area contributed by atoms with Gasteiger partial charge in [-0.05, 0) is 19.8 Å². The molecule has 0 aliphatic rings. The highest BCUT2D eigenvalue weighted by molar-refractivity contribution is 7.99. The zero-order valence-corrected chi connectivity index (χ0v) is 8.60. The van der Waals surface area contributed by atoms with E-state index < -0.39 is 0 Å². The van der Waals surface area contributed by atoms with Crippen LogP contribution in [-0.2, 0) is 0 Å². The summed E-state index contributed by atoms with van der Waals surface area (Å²) in [5.74, 6) is 1.88. The third-order valence-electron chi connectivity index (χ3n) is 1.61. The van der Waals surface area contributed by atoms with Crippen LogP contribution in [0.3, 0.4) is 0 Å². The van der Waals surface area contributed by atoms with Crippen LogP contribution < -0.4 is 0 Å². The molecular formula is C8H15N3OS. The standard InChI is InChI=1S/C8H15N3OS/c1-7-9-8(11-10-7)13-6-4-2-3-5-12/h12H,2-6H2,1H3,(H,9,10,11). The fourth-order valence-corrected chi connectivity index (χ4v) is 1.78. The van der Waals surface area contributed by atoms with Crippen LogP contribution in [0.15, 0.2) is 5.16 Å². The lowest BCUT2D eigenvalue weighted by molar-refractivity contribution is 0.284. The molecule has 0 bridgehead atoms. The molecule has 2 N–H and O–H groups in total. The number of aryl methyl sites for hydroxylation is 1. The van der Waals surface area contributed by atoms with E-state index in [1.165, 1.54) is 0 Å². The molecule has 1 aromatic heterocycles. The number of thioether (sulfide) groups is 1. The van der Waals surface area contributed by atoms with Gasteiger partial charge in [0.25, 0.3) is 0 Å². The molecule has 1 aromatic rings. The van der Waals surface area contributed by atoms with Crippen LogP contribution in [-0.4, -0.2) is 32.6 Å². The third-order valence-corrected chi connectivity index (χ3v) is 2.54. The molecule has 0 amide bonds. The number of nitrogens with zero attached hydrogens (tertiary/aromatic N) is 2. The van der Waals surface area contributed by atoms with E-state index in [1.807, 2.05) is 6.92 Å². The number of aliphatic hydroxyl groups excluding tert-OH is 1. The maximum absolute atomic E-state index is 8.55. The van der Waals surface area contributed by atoms with Gasteiger partial charge in [-0.3, -0.25) is 5.10 Å². The molecule has 0 unspecified atom stereocenters. The second-order valence-electron chi connectivity index (χ2n) is 2.84. The van der Waals surface area contributed by atoms with Crippen molar-refractivity contribution >= 4 is 11.8 Å². The van der Waals surface area contributed by atoms with E-state index in [2.05, 4.69) is 15.2 Å². The average Bonchev–Trinajstić information content (AvgIpc) is 2.51. The molecule has 0 radical (unpaired) electrons. The van der Waals surface area contributed by atoms with Crippen LogP contribution in [0.4, 0.5) is 0 Å². The second kappa shape index (κ2) is 5.99. The van der Waals surface area contributed by atoms with Gasteiger partial charge in [0.1, 0.15) is 5.82 Å². The minimum atomic E-state index is 0.296. The van der Waals surface area contributed by atoms with Crippen LogP contribution >= 0.6 is 11.8 Å². The molecule has 0 atom stereocenters. The Bertz CT molecular complexity index is 239. The Morgan fingerprint density at radius 3 is 2.85 bits per heavy atom. The minimum absolute atomic E-state index is 0.296. The van der Waals surface area contributed by atoms with E-state index >= 15 is 0 Å². The molecule has 1 heterocycles. The Morgan fingerprint density at radius 1 is 1.38 bits per heavy atom. The number of unbranched alkanes of at least 4 members (excludes halogenated alkanes) is 2. The van der Waals surface area contributed by atoms with Crippen LogP contribution in [0.2, 0.25) is 0 Å². The van der Waals surface area contributed by atoms with Crippen molar-refractivity contribution in [2.24, 2.45) is 0 Å². The Morgan fingerprint density at radius 2 is 2.23 bits per heavy atom. The predicted octanol–water partition coefficient (Wildman–Crippen LogP) is 1.37. The Labute approximate surface area is 82.2 Å². The highest BCUT2D eigenvalue weighted by Gasteiger charge is 1.99. The molecule has 0 fully saturated rings. The number of rotatable bonds is 6. The molecule has 4 nitrogen and oxygen atoms in total. The first kappa shape index (κ1) is 10.5. The zero-order valence-electron chi connectivity index (χ0n) is 7.79. The van der Waals surface area contributed by atoms with Crippen LogP contribution in [0.5, 0.6) is 0 Å². The summed E-state index contributed by atoms with van der Waals surface area (Å²) >= 11 is 1.66. The van der Waals surface area contributed by atoms with Crippen molar-refractivity contribution in [2.45, 2.75) is 31.3 Å². The fraction of sp³-hybridized carbons (Fsp3) is 0.750. The van der Waals surface area contributed by atoms with Gasteiger partial charge in [0, 0.05) is 12.4 Å². The van der Waals surface area contributed by atoms with Crippen molar-refractivity contribution in [2.75, 3.05) is 12.4 Å². The van der Waals surface area contributed by atoms with Gasteiger partial charge in [-0.25, -0.2) is 4.98 Å². The number of nitrogens with one attached hydrogen (secondary N) is 1. The monoisotopic (exact) mass is 201 g/mol. The van der Waals surface area contributed by atoms with Gasteiger partial charge in [0.15, 0.2) is 0 Å². The van der Waals surface area contributed by atoms with Crippen molar-refractivity contribution < 1.29 is 5.11 Å². The van der Waals surface area contributed by atoms with Gasteiger partial charge in [0.05, 0.1) is 0 Å². The SMILES string of the molecule is Cc1nc(SCCCCCO)n[nH]1. The molecule has 0 saturated carbocycles. The summed E-state index contributed by atoms with van der Waals surface area (Å²) in [6.07, 6.45) is 3.08. The van der Waals surface area contributed by atoms with E-state index in [-0.39, 0.29) is 0 Å². The fourth-order valence-electron chi connectivity index (χ4n) is 0.941. The molecule has 0 spiro atoms. The first-order valence-electron chi connectivity index (χ1n) is 4.45. The number of hydrogen-bond acceptors (Lipinski definition) is 4. The summed E-state index contributed by atoms with van der Waals surface area (Å²) in [5.41, 5.74) is 0. The lowest BCUT2D eigenvalue weighted by atomic mass is 10.3. The van der Waals surface area contributed by atoms with Gasteiger partial charge in [-0.15, -0.1) is 5.10 Å². The Hall–Kier alpha value is -0.550. The van der Waals surface area contributed by atoms with Crippen LogP contribution in [0, 0.1) is 6.92 Å². The van der Waals surface area contributed by atoms with E-state index in [1.54, 1.807) is 11.8 Å². The number of aromatic nitrogens is 3. The van der Waals surface area contributed by atoms with Crippen LogP contribution in [0.25, 0.3) is 0 Å². The van der Waals surface area contributed by atoms with Crippen molar-refractivity contribution in [3.8, 4) is 0 Å². The predicted molar refractivity (Wildman–Crippen MR) is 52.8 cm³/mol. The zero-order chi connectivity index (χ0) is 9.52. The molecule has 74 valence electrons. The largest absolute Gasteiger partial charge is 0.396 e. The average molecular weight is 201 g/mol. The molecule has 1 rings (SSSR count). The molecule has 0 aliphatic heterocycles. The summed E-state index contributed by atoms with van der Waals surface area (Å²) in [4.78, 5) is 4.18. The number of aliphatic hydroxyl groups is 1. The van der Waals surface area contributed by atoms with Gasteiger partial charge in [-0.2, -0.15) is 0 Å². The topological polar surface area (TPSA) is 61.8 Å². The lowest BCUT2D eigenvalue weighted by Crippen LogP contribution is -1.86. The highest BCUT2D eigenvalue weighted by Crippen LogP contribution is 2.14. The summed E-state index contributed by atoms with van der Waals surface area (Å²) in [6.45, 7) is 2.19. The maximum atomic E-state index is 8.55. The van der Waals surface area contributed by atoms with E-state index in [0.29, 0.717) is 6.61 Å². The van der Waals surface area contributed by atoms with Crippen molar-refractivity contribution in [1.29, 1.82) is 0 Å². The lowest BCUT2D eigenvalue weighted by Gasteiger charge is -1.95. The number of H-pyrrole nitrogens is 1. The molecule has 5 heteroatoms. The molecular weight excluding hydrogens is 186 g/mol. The summed E-state index contributed by atoms with van der Waals surface area (Å²) in [5, 5.41) is 16.2. The molecule has 0 aliphatic carbocycles. The maximum Gasteiger partial charge on any atom is 0.208 e. The smallest absolute Gasteiger partial charge is 0.208 e. The van der Waals surface area contributed by atoms with Gasteiger partial charge in [-0.1, -0.05) is 18.2 Å². The van der Waals surface area contributed by atoms with Crippen molar-refractivity contribution in [3.63, 3.8) is 0 Å². The van der Waals surface area contributed by atoms with E-state index in [0.717, 1.165) is 36.0 Å². The quantitative estimate of drug-likeness (QED) is 0.539. The van der Waals surface area contributed by atoms with Gasteiger partial charge >= 0.3 is 0 Å². The van der Waals surface area contributed by atoms with Crippen molar-refractivity contribution in [1.82, 2.24) is 15.2 Å². The van der Waals surface area contributed by atoms with Gasteiger partial charge < -0.3 is 5.11 Å². The first-order valence-corrected chi connectivity index (χ1v) is 5.44. The summed E-state index contributed by atoms with van der Waals surface area (Å²) in [6, 6.07) is 0. The van der Waals surface area contributed by atoms with Crippen LogP contribution in [0.1, 0.15) is 25.1 Å². The van der Waals surface area contributed by atoms with Crippen molar-refractivity contribution in [3.05, 3.63) is 5.82 Å².